The number of anilines is 1. The number of hydrogen-bond acceptors (Lipinski definition) is 5. The largest absolute Gasteiger partial charge is 0.354 e. The van der Waals surface area contributed by atoms with Crippen LogP contribution < -0.4 is 5.32 Å². The van der Waals surface area contributed by atoms with Crippen molar-refractivity contribution in [3.05, 3.63) is 68.7 Å². The van der Waals surface area contributed by atoms with Gasteiger partial charge in [0.05, 0.1) is 10.7 Å². The Hall–Kier alpha value is -2.04. The van der Waals surface area contributed by atoms with Gasteiger partial charge in [-0.15, -0.1) is 0 Å². The molecular weight excluding hydrogens is 478 g/mol. The summed E-state index contributed by atoms with van der Waals surface area (Å²) in [4.78, 5) is 11.0. The highest BCUT2D eigenvalue weighted by Crippen LogP contribution is 2.30. The van der Waals surface area contributed by atoms with Gasteiger partial charge in [-0.3, -0.25) is 0 Å². The lowest BCUT2D eigenvalue weighted by molar-refractivity contribution is 0.597. The number of aromatic amines is 1. The van der Waals surface area contributed by atoms with E-state index in [0.717, 1.165) is 12.3 Å². The molecule has 3 rings (SSSR count). The molecule has 1 atom stereocenters. The first-order valence-electron chi connectivity index (χ1n) is 7.85. The molecular formula is C17H14BrClF2N4O2S. The van der Waals surface area contributed by atoms with Gasteiger partial charge in [-0.2, -0.15) is 0 Å². The maximum absolute atomic E-state index is 14.3. The lowest BCUT2D eigenvalue weighted by Gasteiger charge is -2.19. The van der Waals surface area contributed by atoms with Crippen LogP contribution >= 0.6 is 27.5 Å². The standard InChI is InChI=1S/C17H14BrClF2N4O2S/c1-8-17(28(2,26)27)25-16(23-8)14(9-3-4-12(20)11(19)5-9)24-15-13(21)6-10(18)7-22-15/h3-7,14H,1-2H3,(H,22,24)(H,23,25). The summed E-state index contributed by atoms with van der Waals surface area (Å²) in [6.07, 6.45) is 2.43. The Balaban J connectivity index is 2.13. The minimum Gasteiger partial charge on any atom is -0.354 e. The van der Waals surface area contributed by atoms with Crippen molar-refractivity contribution in [3.8, 4) is 0 Å². The average molecular weight is 492 g/mol. The lowest BCUT2D eigenvalue weighted by atomic mass is 10.1. The van der Waals surface area contributed by atoms with Crippen LogP contribution in [0.4, 0.5) is 14.6 Å². The van der Waals surface area contributed by atoms with Crippen molar-refractivity contribution in [2.75, 3.05) is 11.6 Å². The van der Waals surface area contributed by atoms with E-state index in [1.54, 1.807) is 6.92 Å². The fourth-order valence-electron chi connectivity index (χ4n) is 2.62. The summed E-state index contributed by atoms with van der Waals surface area (Å²) in [5, 5.41) is 2.60. The normalized spacial score (nSPS) is 12.8. The van der Waals surface area contributed by atoms with Crippen molar-refractivity contribution in [1.82, 2.24) is 15.0 Å². The Morgan fingerprint density at radius 1 is 1.25 bits per heavy atom. The van der Waals surface area contributed by atoms with Crippen LogP contribution in [0.25, 0.3) is 0 Å². The van der Waals surface area contributed by atoms with E-state index in [4.69, 9.17) is 11.6 Å². The van der Waals surface area contributed by atoms with Crippen LogP contribution in [0.5, 0.6) is 0 Å². The van der Waals surface area contributed by atoms with E-state index in [1.165, 1.54) is 24.4 Å². The summed E-state index contributed by atoms with van der Waals surface area (Å²) in [6, 6.07) is 4.30. The highest BCUT2D eigenvalue weighted by atomic mass is 79.9. The first kappa shape index (κ1) is 20.7. The Morgan fingerprint density at radius 2 is 1.96 bits per heavy atom. The molecule has 11 heteroatoms. The molecule has 3 aromatic rings. The molecule has 2 aromatic heterocycles. The molecule has 0 fully saturated rings. The topological polar surface area (TPSA) is 87.7 Å². The predicted octanol–water partition coefficient (Wildman–Crippen LogP) is 4.41. The summed E-state index contributed by atoms with van der Waals surface area (Å²) in [6.45, 7) is 1.56. The fraction of sp³-hybridized carbons (Fsp3) is 0.176. The zero-order valence-electron chi connectivity index (χ0n) is 14.6. The SMILES string of the molecule is Cc1[nH]c(C(Nc2ncc(Br)cc2F)c2ccc(F)c(Cl)c2)nc1S(C)(=O)=O. The first-order chi connectivity index (χ1) is 13.1. The number of sulfone groups is 1. The number of imidazole rings is 1. The number of rotatable bonds is 5. The fourth-order valence-corrected chi connectivity index (χ4v) is 3.99. The number of halogens is 4. The van der Waals surface area contributed by atoms with Crippen LogP contribution in [0.1, 0.15) is 23.1 Å². The summed E-state index contributed by atoms with van der Waals surface area (Å²) < 4.78 is 52.2. The van der Waals surface area contributed by atoms with E-state index in [-0.39, 0.29) is 21.7 Å². The summed E-state index contributed by atoms with van der Waals surface area (Å²) in [7, 11) is -3.58. The minimum absolute atomic E-state index is 0.0939. The predicted molar refractivity (Wildman–Crippen MR) is 105 cm³/mol. The summed E-state index contributed by atoms with van der Waals surface area (Å²) >= 11 is 9.01. The Morgan fingerprint density at radius 3 is 2.54 bits per heavy atom. The van der Waals surface area contributed by atoms with E-state index in [2.05, 4.69) is 36.2 Å². The second kappa shape index (κ2) is 7.76. The Labute approximate surface area is 173 Å². The average Bonchev–Trinajstić information content (AvgIpc) is 2.99. The zero-order chi connectivity index (χ0) is 20.6. The van der Waals surface area contributed by atoms with Gasteiger partial charge in [-0.1, -0.05) is 17.7 Å². The molecule has 0 bridgehead atoms. The van der Waals surface area contributed by atoms with E-state index >= 15 is 0 Å². The van der Waals surface area contributed by atoms with E-state index in [9.17, 15) is 17.2 Å². The molecule has 0 saturated carbocycles. The number of aromatic nitrogens is 3. The molecule has 0 spiro atoms. The van der Waals surface area contributed by atoms with Crippen molar-refractivity contribution in [1.29, 1.82) is 0 Å². The highest BCUT2D eigenvalue weighted by Gasteiger charge is 2.25. The molecule has 2 heterocycles. The number of nitrogens with zero attached hydrogens (tertiary/aromatic N) is 2. The second-order valence-corrected chi connectivity index (χ2v) is 9.31. The number of pyridine rings is 1. The van der Waals surface area contributed by atoms with Gasteiger partial charge in [0.1, 0.15) is 17.7 Å². The Bertz CT molecular complexity index is 1150. The monoisotopic (exact) mass is 490 g/mol. The highest BCUT2D eigenvalue weighted by molar-refractivity contribution is 9.10. The number of hydrogen-bond donors (Lipinski definition) is 2. The number of H-pyrrole nitrogens is 1. The quantitative estimate of drug-likeness (QED) is 0.552. The van der Waals surface area contributed by atoms with Crippen LogP contribution in [0.15, 0.2) is 40.0 Å². The molecule has 28 heavy (non-hydrogen) atoms. The van der Waals surface area contributed by atoms with Gasteiger partial charge in [-0.05, 0) is 46.6 Å². The van der Waals surface area contributed by atoms with Crippen molar-refractivity contribution in [2.45, 2.75) is 18.0 Å². The molecule has 1 unspecified atom stereocenters. The van der Waals surface area contributed by atoms with Gasteiger partial charge in [0.15, 0.2) is 26.5 Å². The number of aryl methyl sites for hydroxylation is 1. The van der Waals surface area contributed by atoms with Crippen molar-refractivity contribution in [2.24, 2.45) is 0 Å². The maximum atomic E-state index is 14.3. The van der Waals surface area contributed by atoms with Crippen LogP contribution in [-0.4, -0.2) is 29.6 Å². The molecule has 0 amide bonds. The number of nitrogens with one attached hydrogen (secondary N) is 2. The van der Waals surface area contributed by atoms with Gasteiger partial charge in [0.25, 0.3) is 0 Å². The third-order valence-corrected chi connectivity index (χ3v) is 5.67. The third-order valence-electron chi connectivity index (χ3n) is 3.85. The van der Waals surface area contributed by atoms with Crippen LogP contribution in [0.2, 0.25) is 5.02 Å². The lowest BCUT2D eigenvalue weighted by Crippen LogP contribution is -2.16. The van der Waals surface area contributed by atoms with Crippen molar-refractivity contribution >= 4 is 43.2 Å². The van der Waals surface area contributed by atoms with Gasteiger partial charge < -0.3 is 10.3 Å². The third kappa shape index (κ3) is 4.34. The van der Waals surface area contributed by atoms with Crippen molar-refractivity contribution < 1.29 is 17.2 Å². The van der Waals surface area contributed by atoms with Gasteiger partial charge in [0, 0.05) is 16.9 Å². The molecule has 0 aliphatic carbocycles. The molecule has 0 radical (unpaired) electrons. The van der Waals surface area contributed by atoms with Gasteiger partial charge in [0.2, 0.25) is 0 Å². The molecule has 0 aliphatic heterocycles. The number of benzene rings is 1. The van der Waals surface area contributed by atoms with Gasteiger partial charge in [-0.25, -0.2) is 27.2 Å². The molecule has 0 saturated heterocycles. The molecule has 0 aliphatic rings. The van der Waals surface area contributed by atoms with E-state index in [0.29, 0.717) is 15.7 Å². The smallest absolute Gasteiger partial charge is 0.194 e. The van der Waals surface area contributed by atoms with Crippen LogP contribution in [0.3, 0.4) is 0 Å². The Kier molecular flexibility index (Phi) is 5.74. The van der Waals surface area contributed by atoms with Crippen LogP contribution in [-0.2, 0) is 9.84 Å². The minimum atomic E-state index is -3.58. The van der Waals surface area contributed by atoms with E-state index < -0.39 is 27.5 Å². The van der Waals surface area contributed by atoms with Crippen LogP contribution in [0, 0.1) is 18.6 Å². The van der Waals surface area contributed by atoms with Gasteiger partial charge >= 0.3 is 0 Å². The molecule has 148 valence electrons. The second-order valence-electron chi connectivity index (χ2n) is 6.06. The summed E-state index contributed by atoms with van der Waals surface area (Å²) in [5.74, 6) is -1.17. The molecule has 2 N–H and O–H groups in total. The van der Waals surface area contributed by atoms with Crippen molar-refractivity contribution in [3.63, 3.8) is 0 Å². The summed E-state index contributed by atoms with van der Waals surface area (Å²) in [5.41, 5.74) is 0.756. The zero-order valence-corrected chi connectivity index (χ0v) is 17.8. The molecule has 6 nitrogen and oxygen atoms in total. The van der Waals surface area contributed by atoms with E-state index in [1.807, 2.05) is 0 Å². The molecule has 1 aromatic carbocycles. The first-order valence-corrected chi connectivity index (χ1v) is 10.9. The maximum Gasteiger partial charge on any atom is 0.194 e.